The van der Waals surface area contributed by atoms with Crippen LogP contribution in [0.25, 0.3) is 0 Å². The van der Waals surface area contributed by atoms with Crippen LogP contribution in [0.15, 0.2) is 42.9 Å². The molecule has 138 valence electrons. The number of ether oxygens (including phenoxy) is 1. The molecule has 3 aromatic heterocycles. The normalized spacial score (nSPS) is 16.2. The molecule has 1 atom stereocenters. The Morgan fingerprint density at radius 2 is 2.19 bits per heavy atom. The Balaban J connectivity index is 1.49. The van der Waals surface area contributed by atoms with Crippen LogP contribution in [-0.4, -0.2) is 54.1 Å². The van der Waals surface area contributed by atoms with Crippen LogP contribution in [0.3, 0.4) is 0 Å². The van der Waals surface area contributed by atoms with Gasteiger partial charge in [0.15, 0.2) is 0 Å². The minimum Gasteiger partial charge on any atom is -0.374 e. The van der Waals surface area contributed by atoms with Crippen LogP contribution in [0.4, 0.5) is 0 Å². The van der Waals surface area contributed by atoms with Gasteiger partial charge in [-0.15, -0.1) is 5.10 Å². The average Bonchev–Trinajstić information content (AvgIpc) is 3.10. The van der Waals surface area contributed by atoms with Crippen molar-refractivity contribution < 1.29 is 9.53 Å². The first-order valence-corrected chi connectivity index (χ1v) is 8.64. The largest absolute Gasteiger partial charge is 0.374 e. The lowest BCUT2D eigenvalue weighted by Gasteiger charge is -2.32. The van der Waals surface area contributed by atoms with Crippen LogP contribution in [0.5, 0.6) is 0 Å². The van der Waals surface area contributed by atoms with Gasteiger partial charge in [-0.2, -0.15) is 10.2 Å². The van der Waals surface area contributed by atoms with Gasteiger partial charge in [-0.3, -0.25) is 14.5 Å². The summed E-state index contributed by atoms with van der Waals surface area (Å²) in [7, 11) is 1.86. The highest BCUT2D eigenvalue weighted by atomic mass is 16.5. The molecule has 1 aliphatic rings. The second-order valence-electron chi connectivity index (χ2n) is 6.39. The lowest BCUT2D eigenvalue weighted by Crippen LogP contribution is -2.40. The molecular formula is C18H19N7O2. The van der Waals surface area contributed by atoms with Crippen LogP contribution in [0, 0.1) is 0 Å². The number of aryl methyl sites for hydroxylation is 1. The molecule has 0 aliphatic carbocycles. The molecule has 0 saturated heterocycles. The molecule has 1 aliphatic heterocycles. The van der Waals surface area contributed by atoms with Crippen molar-refractivity contribution >= 4 is 5.91 Å². The van der Waals surface area contributed by atoms with E-state index in [4.69, 9.17) is 4.74 Å². The summed E-state index contributed by atoms with van der Waals surface area (Å²) in [5, 5.41) is 15.9. The topological polar surface area (TPSA) is 98.9 Å². The van der Waals surface area contributed by atoms with Crippen molar-refractivity contribution in [3.63, 3.8) is 0 Å². The Hall–Kier alpha value is -3.20. The van der Waals surface area contributed by atoms with E-state index in [2.05, 4.69) is 25.5 Å². The number of hydrogen-bond donors (Lipinski definition) is 0. The Morgan fingerprint density at radius 3 is 2.96 bits per heavy atom. The molecule has 0 aromatic carbocycles. The third-order valence-electron chi connectivity index (χ3n) is 4.53. The highest BCUT2D eigenvalue weighted by molar-refractivity contribution is 5.93. The molecule has 0 fully saturated rings. The summed E-state index contributed by atoms with van der Waals surface area (Å²) in [5.74, 6) is -0.118. The molecule has 0 spiro atoms. The van der Waals surface area contributed by atoms with Gasteiger partial charge in [-0.05, 0) is 18.2 Å². The van der Waals surface area contributed by atoms with E-state index in [1.807, 2.05) is 25.2 Å². The van der Waals surface area contributed by atoms with Crippen LogP contribution >= 0.6 is 0 Å². The number of carbonyl (C=O) groups excluding carboxylic acids is 1. The summed E-state index contributed by atoms with van der Waals surface area (Å²) in [4.78, 5) is 18.8. The molecular weight excluding hydrogens is 346 g/mol. The quantitative estimate of drug-likeness (QED) is 0.664. The zero-order valence-electron chi connectivity index (χ0n) is 14.9. The second-order valence-corrected chi connectivity index (χ2v) is 6.39. The summed E-state index contributed by atoms with van der Waals surface area (Å²) in [6.45, 7) is 1.81. The first-order chi connectivity index (χ1) is 13.2. The molecule has 0 bridgehead atoms. The Labute approximate surface area is 156 Å². The molecule has 9 nitrogen and oxygen atoms in total. The van der Waals surface area contributed by atoms with Crippen molar-refractivity contribution in [2.75, 3.05) is 13.2 Å². The molecule has 9 heteroatoms. The number of rotatable bonds is 5. The molecule has 1 unspecified atom stereocenters. The number of aromatic nitrogens is 6. The van der Waals surface area contributed by atoms with E-state index in [1.165, 1.54) is 12.4 Å². The SMILES string of the molecule is Cn1nnc2c1C(COCc1ccccn1)CN(C(=O)c1ccnnc1)C2. The van der Waals surface area contributed by atoms with Crippen molar-refractivity contribution in [3.05, 3.63) is 65.5 Å². The van der Waals surface area contributed by atoms with Crippen LogP contribution in [0.1, 0.15) is 33.4 Å². The highest BCUT2D eigenvalue weighted by Crippen LogP contribution is 2.28. The first-order valence-electron chi connectivity index (χ1n) is 8.64. The van der Waals surface area contributed by atoms with E-state index in [-0.39, 0.29) is 11.8 Å². The molecule has 0 radical (unpaired) electrons. The average molecular weight is 365 g/mol. The molecule has 4 rings (SSSR count). The summed E-state index contributed by atoms with van der Waals surface area (Å²) < 4.78 is 7.65. The Kier molecular flexibility index (Phi) is 4.84. The summed E-state index contributed by atoms with van der Waals surface area (Å²) in [5.41, 5.74) is 3.18. The van der Waals surface area contributed by atoms with E-state index < -0.39 is 0 Å². The zero-order chi connectivity index (χ0) is 18.6. The number of fused-ring (bicyclic) bond motifs is 1. The van der Waals surface area contributed by atoms with Crippen molar-refractivity contribution in [2.24, 2.45) is 7.05 Å². The lowest BCUT2D eigenvalue weighted by molar-refractivity contribution is 0.0602. The molecule has 3 aromatic rings. The van der Waals surface area contributed by atoms with Gasteiger partial charge < -0.3 is 9.64 Å². The predicted molar refractivity (Wildman–Crippen MR) is 94.4 cm³/mol. The van der Waals surface area contributed by atoms with Gasteiger partial charge in [0.05, 0.1) is 49.1 Å². The molecule has 4 heterocycles. The van der Waals surface area contributed by atoms with Gasteiger partial charge in [0.25, 0.3) is 5.91 Å². The van der Waals surface area contributed by atoms with Gasteiger partial charge in [0, 0.05) is 25.7 Å². The summed E-state index contributed by atoms with van der Waals surface area (Å²) in [6, 6.07) is 7.38. The maximum Gasteiger partial charge on any atom is 0.255 e. The lowest BCUT2D eigenvalue weighted by atomic mass is 9.98. The monoisotopic (exact) mass is 365 g/mol. The van der Waals surface area contributed by atoms with Crippen LogP contribution in [0.2, 0.25) is 0 Å². The standard InChI is InChI=1S/C18H19N7O2/c1-24-17-14(11-27-12-15-4-2-3-6-19-15)9-25(10-16(17)22-23-24)18(26)13-5-7-20-21-8-13/h2-8,14H,9-12H2,1H3. The minimum absolute atomic E-state index is 0.0174. The zero-order valence-corrected chi connectivity index (χ0v) is 14.9. The van der Waals surface area contributed by atoms with Gasteiger partial charge in [0.2, 0.25) is 0 Å². The third kappa shape index (κ3) is 3.68. The Bertz CT molecular complexity index is 914. The number of nitrogens with zero attached hydrogens (tertiary/aromatic N) is 7. The molecule has 1 amide bonds. The molecule has 0 saturated carbocycles. The van der Waals surface area contributed by atoms with Gasteiger partial charge in [-0.1, -0.05) is 11.3 Å². The van der Waals surface area contributed by atoms with E-state index in [9.17, 15) is 4.79 Å². The summed E-state index contributed by atoms with van der Waals surface area (Å²) >= 11 is 0. The van der Waals surface area contributed by atoms with Crippen LogP contribution < -0.4 is 0 Å². The Morgan fingerprint density at radius 1 is 1.26 bits per heavy atom. The van der Waals surface area contributed by atoms with E-state index in [1.54, 1.807) is 21.8 Å². The van der Waals surface area contributed by atoms with Crippen molar-refractivity contribution in [1.29, 1.82) is 0 Å². The molecule has 0 N–H and O–H groups in total. The van der Waals surface area contributed by atoms with Gasteiger partial charge in [0.1, 0.15) is 5.69 Å². The maximum atomic E-state index is 12.8. The number of carbonyl (C=O) groups is 1. The highest BCUT2D eigenvalue weighted by Gasteiger charge is 2.33. The first kappa shape index (κ1) is 17.2. The maximum absolute atomic E-state index is 12.8. The smallest absolute Gasteiger partial charge is 0.255 e. The van der Waals surface area contributed by atoms with Crippen molar-refractivity contribution in [1.82, 2.24) is 35.1 Å². The minimum atomic E-state index is -0.101. The number of pyridine rings is 1. The molecule has 27 heavy (non-hydrogen) atoms. The fourth-order valence-corrected chi connectivity index (χ4v) is 3.29. The predicted octanol–water partition coefficient (Wildman–Crippen LogP) is 0.956. The third-order valence-corrected chi connectivity index (χ3v) is 4.53. The van der Waals surface area contributed by atoms with Crippen molar-refractivity contribution in [2.45, 2.75) is 19.1 Å². The number of amides is 1. The fraction of sp³-hybridized carbons (Fsp3) is 0.333. The van der Waals surface area contributed by atoms with E-state index >= 15 is 0 Å². The van der Waals surface area contributed by atoms with E-state index in [0.717, 1.165) is 17.1 Å². The second kappa shape index (κ2) is 7.58. The fourth-order valence-electron chi connectivity index (χ4n) is 3.29. The summed E-state index contributed by atoms with van der Waals surface area (Å²) in [6.07, 6.45) is 4.73. The van der Waals surface area contributed by atoms with Gasteiger partial charge in [-0.25, -0.2) is 0 Å². The van der Waals surface area contributed by atoms with Gasteiger partial charge >= 0.3 is 0 Å². The van der Waals surface area contributed by atoms with Crippen LogP contribution in [-0.2, 0) is 24.9 Å². The van der Waals surface area contributed by atoms with Crippen molar-refractivity contribution in [3.8, 4) is 0 Å². The number of hydrogen-bond acceptors (Lipinski definition) is 7. The van der Waals surface area contributed by atoms with E-state index in [0.29, 0.717) is 31.9 Å².